The summed E-state index contributed by atoms with van der Waals surface area (Å²) in [7, 11) is 1.77. The molecule has 0 amide bonds. The van der Waals surface area contributed by atoms with Crippen LogP contribution in [0.5, 0.6) is 0 Å². The smallest absolute Gasteiger partial charge is 0.261 e. The molecule has 0 fully saturated rings. The number of pyridine rings is 2. The van der Waals surface area contributed by atoms with Crippen LogP contribution in [0.1, 0.15) is 5.69 Å². The third kappa shape index (κ3) is 2.42. The Labute approximate surface area is 160 Å². The molecule has 0 spiro atoms. The first-order valence-electron chi connectivity index (χ1n) is 8.98. The van der Waals surface area contributed by atoms with Crippen molar-refractivity contribution in [2.24, 2.45) is 7.05 Å². The number of nitrogens with zero attached hydrogens (tertiary/aromatic N) is 5. The molecule has 6 nitrogen and oxygen atoms in total. The standard InChI is InChI=1S/C22H17N5O/c1-14-17(6-4-10-24-14)15-7-8-18-20(11-15)27-21(26(2)22(18)28)12-19(25-27)16-5-3-9-23-13-16/h3-13H,1-2H3. The van der Waals surface area contributed by atoms with Crippen LogP contribution in [0.2, 0.25) is 0 Å². The van der Waals surface area contributed by atoms with E-state index in [2.05, 4.69) is 9.97 Å². The first-order chi connectivity index (χ1) is 13.6. The quantitative estimate of drug-likeness (QED) is 0.478. The summed E-state index contributed by atoms with van der Waals surface area (Å²) in [6.45, 7) is 1.98. The van der Waals surface area contributed by atoms with Crippen LogP contribution in [-0.2, 0) is 7.05 Å². The normalized spacial score (nSPS) is 11.4. The summed E-state index contributed by atoms with van der Waals surface area (Å²) in [5.41, 5.74) is 6.13. The molecule has 5 aromatic rings. The van der Waals surface area contributed by atoms with Gasteiger partial charge in [0.2, 0.25) is 0 Å². The third-order valence-corrected chi connectivity index (χ3v) is 5.07. The van der Waals surface area contributed by atoms with Gasteiger partial charge in [-0.05, 0) is 42.8 Å². The molecule has 0 atom stereocenters. The minimum atomic E-state index is -0.0467. The molecule has 0 saturated heterocycles. The molecule has 0 aliphatic heterocycles. The average molecular weight is 367 g/mol. The van der Waals surface area contributed by atoms with E-state index in [-0.39, 0.29) is 5.56 Å². The maximum absolute atomic E-state index is 12.9. The minimum Gasteiger partial charge on any atom is -0.296 e. The van der Waals surface area contributed by atoms with Gasteiger partial charge in [-0.25, -0.2) is 4.52 Å². The Morgan fingerprint density at radius 1 is 0.964 bits per heavy atom. The van der Waals surface area contributed by atoms with Crippen molar-refractivity contribution in [3.8, 4) is 22.4 Å². The molecule has 1 aromatic carbocycles. The molecule has 0 unspecified atom stereocenters. The molecular formula is C22H17N5O. The molecule has 6 heteroatoms. The Morgan fingerprint density at radius 3 is 2.61 bits per heavy atom. The van der Waals surface area contributed by atoms with Crippen molar-refractivity contribution < 1.29 is 0 Å². The molecule has 0 saturated carbocycles. The van der Waals surface area contributed by atoms with Crippen LogP contribution < -0.4 is 5.56 Å². The Bertz CT molecular complexity index is 1400. The van der Waals surface area contributed by atoms with Crippen LogP contribution >= 0.6 is 0 Å². The van der Waals surface area contributed by atoms with Crippen LogP contribution in [-0.4, -0.2) is 24.1 Å². The topological polar surface area (TPSA) is 65.1 Å². The molecule has 28 heavy (non-hydrogen) atoms. The summed E-state index contributed by atoms with van der Waals surface area (Å²) in [5, 5.41) is 5.40. The SMILES string of the molecule is Cc1ncccc1-c1ccc2c(=O)n(C)c3cc(-c4cccnc4)nn3c2c1. The monoisotopic (exact) mass is 367 g/mol. The maximum Gasteiger partial charge on any atom is 0.261 e. The molecule has 4 heterocycles. The zero-order valence-electron chi connectivity index (χ0n) is 15.5. The van der Waals surface area contributed by atoms with Crippen molar-refractivity contribution in [3.63, 3.8) is 0 Å². The first-order valence-corrected chi connectivity index (χ1v) is 8.98. The Kier molecular flexibility index (Phi) is 3.58. The Hall–Kier alpha value is -3.80. The second-order valence-electron chi connectivity index (χ2n) is 6.77. The molecule has 0 bridgehead atoms. The number of aromatic nitrogens is 5. The molecule has 0 radical (unpaired) electrons. The van der Waals surface area contributed by atoms with Crippen LogP contribution in [0.3, 0.4) is 0 Å². The highest BCUT2D eigenvalue weighted by Gasteiger charge is 2.14. The van der Waals surface area contributed by atoms with Gasteiger partial charge in [0.05, 0.1) is 16.6 Å². The molecule has 0 N–H and O–H groups in total. The highest BCUT2D eigenvalue weighted by Crippen LogP contribution is 2.26. The largest absolute Gasteiger partial charge is 0.296 e. The summed E-state index contributed by atoms with van der Waals surface area (Å²) in [6.07, 6.45) is 5.28. The molecular weight excluding hydrogens is 350 g/mol. The second-order valence-corrected chi connectivity index (χ2v) is 6.77. The summed E-state index contributed by atoms with van der Waals surface area (Å²) in [6, 6.07) is 15.5. The van der Waals surface area contributed by atoms with E-state index in [9.17, 15) is 4.79 Å². The van der Waals surface area contributed by atoms with Crippen molar-refractivity contribution >= 4 is 16.6 Å². The molecule has 0 aliphatic rings. The lowest BCUT2D eigenvalue weighted by Gasteiger charge is -2.09. The Morgan fingerprint density at radius 2 is 1.82 bits per heavy atom. The highest BCUT2D eigenvalue weighted by atomic mass is 16.1. The average Bonchev–Trinajstić information content (AvgIpc) is 3.19. The fourth-order valence-corrected chi connectivity index (χ4v) is 3.57. The number of hydrogen-bond donors (Lipinski definition) is 0. The van der Waals surface area contributed by atoms with E-state index >= 15 is 0 Å². The third-order valence-electron chi connectivity index (χ3n) is 5.07. The zero-order chi connectivity index (χ0) is 19.3. The number of hydrogen-bond acceptors (Lipinski definition) is 4. The van der Waals surface area contributed by atoms with Gasteiger partial charge in [0, 0.05) is 48.5 Å². The van der Waals surface area contributed by atoms with E-state index in [4.69, 9.17) is 5.10 Å². The van der Waals surface area contributed by atoms with Gasteiger partial charge in [-0.2, -0.15) is 5.10 Å². The van der Waals surface area contributed by atoms with Gasteiger partial charge in [-0.1, -0.05) is 12.1 Å². The van der Waals surface area contributed by atoms with Crippen LogP contribution in [0.15, 0.2) is 71.9 Å². The van der Waals surface area contributed by atoms with Gasteiger partial charge < -0.3 is 0 Å². The van der Waals surface area contributed by atoms with Gasteiger partial charge in [0.15, 0.2) is 0 Å². The van der Waals surface area contributed by atoms with E-state index in [1.807, 2.05) is 60.0 Å². The van der Waals surface area contributed by atoms with E-state index in [0.717, 1.165) is 39.2 Å². The van der Waals surface area contributed by atoms with Gasteiger partial charge >= 0.3 is 0 Å². The molecule has 5 rings (SSSR count). The maximum atomic E-state index is 12.9. The summed E-state index contributed by atoms with van der Waals surface area (Å²) < 4.78 is 3.46. The van der Waals surface area contributed by atoms with E-state index in [1.165, 1.54) is 0 Å². The lowest BCUT2D eigenvalue weighted by Crippen LogP contribution is -2.19. The van der Waals surface area contributed by atoms with Crippen LogP contribution in [0.25, 0.3) is 38.9 Å². The van der Waals surface area contributed by atoms with E-state index in [1.54, 1.807) is 30.2 Å². The number of benzene rings is 1. The predicted octanol–water partition coefficient (Wildman–Crippen LogP) is 3.62. The van der Waals surface area contributed by atoms with E-state index in [0.29, 0.717) is 5.39 Å². The highest BCUT2D eigenvalue weighted by molar-refractivity contribution is 5.86. The van der Waals surface area contributed by atoms with Crippen molar-refractivity contribution in [1.29, 1.82) is 0 Å². The fraction of sp³-hybridized carbons (Fsp3) is 0.0909. The number of rotatable bonds is 2. The molecule has 0 aliphatic carbocycles. The lowest BCUT2D eigenvalue weighted by atomic mass is 10.0. The van der Waals surface area contributed by atoms with Crippen LogP contribution in [0.4, 0.5) is 0 Å². The van der Waals surface area contributed by atoms with Crippen molar-refractivity contribution in [1.82, 2.24) is 24.1 Å². The zero-order valence-corrected chi connectivity index (χ0v) is 15.5. The van der Waals surface area contributed by atoms with Gasteiger partial charge in [0.25, 0.3) is 5.56 Å². The van der Waals surface area contributed by atoms with E-state index < -0.39 is 0 Å². The second kappa shape index (κ2) is 6.13. The number of fused-ring (bicyclic) bond motifs is 3. The van der Waals surface area contributed by atoms with Crippen molar-refractivity contribution in [3.05, 3.63) is 83.2 Å². The first kappa shape index (κ1) is 16.4. The van der Waals surface area contributed by atoms with Crippen molar-refractivity contribution in [2.75, 3.05) is 0 Å². The van der Waals surface area contributed by atoms with Crippen molar-refractivity contribution in [2.45, 2.75) is 6.92 Å². The summed E-state index contributed by atoms with van der Waals surface area (Å²) in [5.74, 6) is 0. The van der Waals surface area contributed by atoms with Gasteiger partial charge in [-0.15, -0.1) is 0 Å². The Balaban J connectivity index is 1.84. The molecule has 4 aromatic heterocycles. The minimum absolute atomic E-state index is 0.0467. The molecule has 136 valence electrons. The van der Waals surface area contributed by atoms with Crippen LogP contribution in [0, 0.1) is 6.92 Å². The predicted molar refractivity (Wildman–Crippen MR) is 109 cm³/mol. The van der Waals surface area contributed by atoms with Gasteiger partial charge in [0.1, 0.15) is 5.65 Å². The van der Waals surface area contributed by atoms with Gasteiger partial charge in [-0.3, -0.25) is 19.3 Å². The number of aryl methyl sites for hydroxylation is 2. The summed E-state index contributed by atoms with van der Waals surface area (Å²) in [4.78, 5) is 21.5. The fourth-order valence-electron chi connectivity index (χ4n) is 3.57. The summed E-state index contributed by atoms with van der Waals surface area (Å²) >= 11 is 0. The lowest BCUT2D eigenvalue weighted by molar-refractivity contribution is 0.850.